The van der Waals surface area contributed by atoms with Gasteiger partial charge in [0, 0.05) is 0 Å². The Balaban J connectivity index is 1.26. The summed E-state index contributed by atoms with van der Waals surface area (Å²) in [5.74, 6) is -1.45. The van der Waals surface area contributed by atoms with Gasteiger partial charge in [-0.15, -0.1) is 0 Å². The number of esters is 1. The molecule has 1 aromatic heterocycles. The van der Waals surface area contributed by atoms with Gasteiger partial charge in [0.25, 0.3) is 11.1 Å². The molecule has 0 spiro atoms. The molecule has 178 valence electrons. The minimum Gasteiger partial charge on any atom is -0.426 e. The summed E-state index contributed by atoms with van der Waals surface area (Å²) in [7, 11) is 0. The number of amides is 3. The number of rotatable bonds is 8. The van der Waals surface area contributed by atoms with Gasteiger partial charge in [0.2, 0.25) is 5.91 Å². The van der Waals surface area contributed by atoms with Crippen molar-refractivity contribution in [1.82, 2.24) is 25.1 Å². The third-order valence-corrected chi connectivity index (χ3v) is 5.68. The molecule has 0 saturated carbocycles. The monoisotopic (exact) mass is 494 g/mol. The number of ether oxygens (including phenoxy) is 1. The number of carbonyl (C=O) groups excluding carboxylic acids is 4. The Morgan fingerprint density at radius 2 is 1.86 bits per heavy atom. The van der Waals surface area contributed by atoms with Crippen molar-refractivity contribution in [2.75, 3.05) is 0 Å². The minimum absolute atomic E-state index is 0.232. The van der Waals surface area contributed by atoms with Gasteiger partial charge in [-0.1, -0.05) is 30.0 Å². The SMILES string of the molecule is O=C(Cn1ncn(-c2ccccc2)c1=O)N/N=C/c1ccc(OC(=O)CC2SC(=O)NC2=O)cc1. The average Bonchev–Trinajstić information content (AvgIpc) is 3.35. The lowest BCUT2D eigenvalue weighted by atomic mass is 10.2. The van der Waals surface area contributed by atoms with Crippen LogP contribution in [0, 0.1) is 0 Å². The van der Waals surface area contributed by atoms with Crippen LogP contribution in [0.2, 0.25) is 0 Å². The number of hydrazone groups is 1. The highest BCUT2D eigenvalue weighted by molar-refractivity contribution is 8.15. The second-order valence-corrected chi connectivity index (χ2v) is 8.38. The lowest BCUT2D eigenvalue weighted by Crippen LogP contribution is -2.31. The van der Waals surface area contributed by atoms with E-state index in [0.717, 1.165) is 16.4 Å². The zero-order valence-corrected chi connectivity index (χ0v) is 18.8. The molecule has 3 amide bonds. The highest BCUT2D eigenvalue weighted by Crippen LogP contribution is 2.23. The van der Waals surface area contributed by atoms with Crippen LogP contribution in [0.4, 0.5) is 4.79 Å². The molecule has 1 saturated heterocycles. The maximum atomic E-state index is 12.4. The number of nitrogens with zero attached hydrogens (tertiary/aromatic N) is 4. The van der Waals surface area contributed by atoms with Gasteiger partial charge < -0.3 is 4.74 Å². The molecule has 4 rings (SSSR count). The second-order valence-electron chi connectivity index (χ2n) is 7.20. The van der Waals surface area contributed by atoms with Crippen molar-refractivity contribution < 1.29 is 23.9 Å². The molecule has 2 N–H and O–H groups in total. The van der Waals surface area contributed by atoms with Crippen LogP contribution in [-0.4, -0.2) is 48.8 Å². The third-order valence-electron chi connectivity index (χ3n) is 4.69. The number of nitrogens with one attached hydrogen (secondary N) is 2. The first-order valence-corrected chi connectivity index (χ1v) is 11.1. The van der Waals surface area contributed by atoms with Gasteiger partial charge in [-0.25, -0.2) is 19.5 Å². The van der Waals surface area contributed by atoms with Gasteiger partial charge in [0.15, 0.2) is 0 Å². The van der Waals surface area contributed by atoms with Gasteiger partial charge in [-0.3, -0.25) is 24.5 Å². The van der Waals surface area contributed by atoms with Crippen LogP contribution in [0.25, 0.3) is 5.69 Å². The normalized spacial score (nSPS) is 15.3. The zero-order valence-electron chi connectivity index (χ0n) is 18.0. The van der Waals surface area contributed by atoms with E-state index < -0.39 is 34.0 Å². The molecule has 2 heterocycles. The smallest absolute Gasteiger partial charge is 0.350 e. The van der Waals surface area contributed by atoms with E-state index in [9.17, 15) is 24.0 Å². The Kier molecular flexibility index (Phi) is 7.16. The summed E-state index contributed by atoms with van der Waals surface area (Å²) in [5, 5.41) is 8.61. The third kappa shape index (κ3) is 6.09. The molecule has 1 fully saturated rings. The molecule has 1 unspecified atom stereocenters. The standard InChI is InChI=1S/C22H18N6O6S/c29-18(12-28-22(33)27(13-24-28)15-4-2-1-3-5-15)26-23-11-14-6-8-16(9-7-14)34-19(30)10-17-20(31)25-21(32)35-17/h1-9,11,13,17H,10,12H2,(H,26,29)(H,25,31,32)/b23-11+. The van der Waals surface area contributed by atoms with Crippen LogP contribution in [0.15, 0.2) is 70.8 Å². The van der Waals surface area contributed by atoms with Crippen molar-refractivity contribution in [3.8, 4) is 11.4 Å². The van der Waals surface area contributed by atoms with Crippen molar-refractivity contribution >= 4 is 41.0 Å². The van der Waals surface area contributed by atoms with Crippen LogP contribution in [0.1, 0.15) is 12.0 Å². The Morgan fingerprint density at radius 3 is 2.54 bits per heavy atom. The maximum absolute atomic E-state index is 12.4. The molecule has 2 aromatic carbocycles. The fourth-order valence-corrected chi connectivity index (χ4v) is 3.84. The molecule has 0 bridgehead atoms. The molecule has 35 heavy (non-hydrogen) atoms. The lowest BCUT2D eigenvalue weighted by molar-refractivity contribution is -0.135. The van der Waals surface area contributed by atoms with E-state index in [-0.39, 0.29) is 18.7 Å². The number of hydrogen-bond donors (Lipinski definition) is 2. The van der Waals surface area contributed by atoms with Crippen molar-refractivity contribution in [2.24, 2.45) is 5.10 Å². The predicted octanol–water partition coefficient (Wildman–Crippen LogP) is 0.831. The Morgan fingerprint density at radius 1 is 1.11 bits per heavy atom. The van der Waals surface area contributed by atoms with Crippen LogP contribution in [0.5, 0.6) is 5.75 Å². The van der Waals surface area contributed by atoms with E-state index in [1.165, 1.54) is 29.2 Å². The zero-order chi connectivity index (χ0) is 24.8. The van der Waals surface area contributed by atoms with Gasteiger partial charge in [0.1, 0.15) is 23.9 Å². The van der Waals surface area contributed by atoms with E-state index in [4.69, 9.17) is 4.74 Å². The Bertz CT molecular complexity index is 1350. The van der Waals surface area contributed by atoms with Crippen molar-refractivity contribution in [1.29, 1.82) is 0 Å². The molecule has 0 radical (unpaired) electrons. The predicted molar refractivity (Wildman–Crippen MR) is 125 cm³/mol. The summed E-state index contributed by atoms with van der Waals surface area (Å²) in [6.45, 7) is -0.312. The lowest BCUT2D eigenvalue weighted by Gasteiger charge is -2.06. The molecule has 0 aliphatic carbocycles. The van der Waals surface area contributed by atoms with E-state index in [2.05, 4.69) is 20.9 Å². The van der Waals surface area contributed by atoms with Crippen molar-refractivity contribution in [3.05, 3.63) is 77.0 Å². The molecular weight excluding hydrogens is 476 g/mol. The van der Waals surface area contributed by atoms with Gasteiger partial charge >= 0.3 is 11.7 Å². The fourth-order valence-electron chi connectivity index (χ4n) is 3.04. The van der Waals surface area contributed by atoms with Gasteiger partial charge in [-0.05, 0) is 42.0 Å². The summed E-state index contributed by atoms with van der Waals surface area (Å²) >= 11 is 0.751. The fraction of sp³-hybridized carbons (Fsp3) is 0.136. The summed E-state index contributed by atoms with van der Waals surface area (Å²) in [6.07, 6.45) is 2.48. The van der Waals surface area contributed by atoms with E-state index in [0.29, 0.717) is 11.3 Å². The highest BCUT2D eigenvalue weighted by atomic mass is 32.2. The van der Waals surface area contributed by atoms with E-state index in [1.54, 1.807) is 36.4 Å². The first-order chi connectivity index (χ1) is 16.9. The van der Waals surface area contributed by atoms with Crippen molar-refractivity contribution in [3.63, 3.8) is 0 Å². The van der Waals surface area contributed by atoms with Crippen LogP contribution < -0.4 is 21.2 Å². The largest absolute Gasteiger partial charge is 0.426 e. The van der Waals surface area contributed by atoms with E-state index in [1.807, 2.05) is 6.07 Å². The number of hydrogen-bond acceptors (Lipinski definition) is 9. The number of carbonyl (C=O) groups is 4. The van der Waals surface area contributed by atoms with Crippen LogP contribution >= 0.6 is 11.8 Å². The molecule has 1 aliphatic rings. The summed E-state index contributed by atoms with van der Waals surface area (Å²) < 4.78 is 7.51. The molecule has 1 aliphatic heterocycles. The maximum Gasteiger partial charge on any atom is 0.350 e. The van der Waals surface area contributed by atoms with E-state index >= 15 is 0 Å². The molecule has 1 atom stereocenters. The van der Waals surface area contributed by atoms with Gasteiger partial charge in [0.05, 0.1) is 18.3 Å². The topological polar surface area (TPSA) is 154 Å². The first-order valence-electron chi connectivity index (χ1n) is 10.2. The molecule has 13 heteroatoms. The quantitative estimate of drug-likeness (QED) is 0.202. The van der Waals surface area contributed by atoms with Crippen LogP contribution in [0.3, 0.4) is 0 Å². The Labute approximate surface area is 202 Å². The first kappa shape index (κ1) is 23.6. The van der Waals surface area contributed by atoms with Crippen LogP contribution in [-0.2, 0) is 20.9 Å². The van der Waals surface area contributed by atoms with Crippen molar-refractivity contribution in [2.45, 2.75) is 18.2 Å². The number of thioether (sulfide) groups is 1. The average molecular weight is 494 g/mol. The molecule has 12 nitrogen and oxygen atoms in total. The minimum atomic E-state index is -0.798. The molecular formula is C22H18N6O6S. The summed E-state index contributed by atoms with van der Waals surface area (Å²) in [5.41, 5.74) is 3.10. The second kappa shape index (κ2) is 10.6. The highest BCUT2D eigenvalue weighted by Gasteiger charge is 2.33. The number of aromatic nitrogens is 3. The van der Waals surface area contributed by atoms with Gasteiger partial charge in [-0.2, -0.15) is 10.2 Å². The number of imide groups is 1. The Hall–Kier alpha value is -4.52. The number of para-hydroxylation sites is 1. The number of benzene rings is 2. The molecule has 3 aromatic rings. The summed E-state index contributed by atoms with van der Waals surface area (Å²) in [4.78, 5) is 59.2. The summed E-state index contributed by atoms with van der Waals surface area (Å²) in [6, 6.07) is 15.1.